The van der Waals surface area contributed by atoms with Gasteiger partial charge >= 0.3 is 0 Å². The molecule has 0 spiro atoms. The molecule has 1 aliphatic rings. The van der Waals surface area contributed by atoms with Crippen LogP contribution < -0.4 is 0 Å². The molecule has 6 nitrogen and oxygen atoms in total. The third-order valence-corrected chi connectivity index (χ3v) is 4.44. The van der Waals surface area contributed by atoms with E-state index in [1.165, 1.54) is 5.56 Å². The van der Waals surface area contributed by atoms with E-state index in [9.17, 15) is 0 Å². The SMILES string of the molecule is COCc1nc(C(C)N2CCOCC2)n(CCc2ccccc2)n1. The molecule has 0 aliphatic carbocycles. The quantitative estimate of drug-likeness (QED) is 0.778. The minimum absolute atomic E-state index is 0.225. The zero-order chi connectivity index (χ0) is 16.8. The zero-order valence-electron chi connectivity index (χ0n) is 14.5. The fourth-order valence-corrected chi connectivity index (χ4v) is 3.07. The summed E-state index contributed by atoms with van der Waals surface area (Å²) in [6.45, 7) is 6.91. The third-order valence-electron chi connectivity index (χ3n) is 4.44. The summed E-state index contributed by atoms with van der Waals surface area (Å²) in [7, 11) is 1.68. The predicted octanol–water partition coefficient (Wildman–Crippen LogP) is 2.06. The number of benzene rings is 1. The van der Waals surface area contributed by atoms with Crippen LogP contribution in [-0.4, -0.2) is 53.1 Å². The lowest BCUT2D eigenvalue weighted by Gasteiger charge is -2.31. The molecule has 2 heterocycles. The van der Waals surface area contributed by atoms with Crippen molar-refractivity contribution in [2.24, 2.45) is 0 Å². The van der Waals surface area contributed by atoms with Gasteiger partial charge in [-0.25, -0.2) is 9.67 Å². The molecule has 1 aromatic carbocycles. The second-order valence-corrected chi connectivity index (χ2v) is 6.10. The van der Waals surface area contributed by atoms with Gasteiger partial charge in [0.15, 0.2) is 5.82 Å². The fourth-order valence-electron chi connectivity index (χ4n) is 3.07. The smallest absolute Gasteiger partial charge is 0.176 e. The number of nitrogens with zero attached hydrogens (tertiary/aromatic N) is 4. The minimum Gasteiger partial charge on any atom is -0.379 e. The second-order valence-electron chi connectivity index (χ2n) is 6.10. The summed E-state index contributed by atoms with van der Waals surface area (Å²) in [5.41, 5.74) is 1.31. The van der Waals surface area contributed by atoms with Gasteiger partial charge in [0.05, 0.1) is 19.3 Å². The van der Waals surface area contributed by atoms with Gasteiger partial charge in [0.1, 0.15) is 12.4 Å². The molecule has 1 aromatic heterocycles. The summed E-state index contributed by atoms with van der Waals surface area (Å²) in [5.74, 6) is 1.76. The molecular weight excluding hydrogens is 304 g/mol. The Morgan fingerprint density at radius 3 is 2.67 bits per heavy atom. The van der Waals surface area contributed by atoms with E-state index in [0.29, 0.717) is 6.61 Å². The molecule has 2 aromatic rings. The molecule has 6 heteroatoms. The molecule has 0 bridgehead atoms. The second kappa shape index (κ2) is 8.37. The lowest BCUT2D eigenvalue weighted by molar-refractivity contribution is 0.0173. The maximum Gasteiger partial charge on any atom is 0.176 e. The van der Waals surface area contributed by atoms with Crippen LogP contribution in [0.3, 0.4) is 0 Å². The van der Waals surface area contributed by atoms with Crippen LogP contribution >= 0.6 is 0 Å². The first-order chi connectivity index (χ1) is 11.8. The van der Waals surface area contributed by atoms with Crippen LogP contribution in [0.4, 0.5) is 0 Å². The number of hydrogen-bond donors (Lipinski definition) is 0. The van der Waals surface area contributed by atoms with Crippen LogP contribution in [0.25, 0.3) is 0 Å². The maximum atomic E-state index is 5.46. The average molecular weight is 330 g/mol. The Morgan fingerprint density at radius 2 is 1.96 bits per heavy atom. The van der Waals surface area contributed by atoms with Crippen LogP contribution in [0.1, 0.15) is 30.2 Å². The summed E-state index contributed by atoms with van der Waals surface area (Å²) >= 11 is 0. The monoisotopic (exact) mass is 330 g/mol. The molecule has 0 N–H and O–H groups in total. The zero-order valence-corrected chi connectivity index (χ0v) is 14.5. The molecule has 0 radical (unpaired) electrons. The van der Waals surface area contributed by atoms with Crippen LogP contribution in [0.15, 0.2) is 30.3 Å². The Kier molecular flexibility index (Phi) is 5.96. The first-order valence-corrected chi connectivity index (χ1v) is 8.56. The Morgan fingerprint density at radius 1 is 1.21 bits per heavy atom. The topological polar surface area (TPSA) is 52.4 Å². The highest BCUT2D eigenvalue weighted by Crippen LogP contribution is 2.20. The summed E-state index contributed by atoms with van der Waals surface area (Å²) in [6.07, 6.45) is 0.944. The van der Waals surface area contributed by atoms with Gasteiger partial charge in [0.2, 0.25) is 0 Å². The van der Waals surface area contributed by atoms with Gasteiger partial charge in [-0.3, -0.25) is 4.90 Å². The predicted molar refractivity (Wildman–Crippen MR) is 91.7 cm³/mol. The first-order valence-electron chi connectivity index (χ1n) is 8.56. The van der Waals surface area contributed by atoms with E-state index in [-0.39, 0.29) is 6.04 Å². The molecule has 1 saturated heterocycles. The molecule has 3 rings (SSSR count). The van der Waals surface area contributed by atoms with Gasteiger partial charge in [-0.15, -0.1) is 0 Å². The van der Waals surface area contributed by atoms with Crippen molar-refractivity contribution in [3.63, 3.8) is 0 Å². The Balaban J connectivity index is 1.75. The summed E-state index contributed by atoms with van der Waals surface area (Å²) in [5, 5.41) is 4.65. The number of rotatable bonds is 7. The van der Waals surface area contributed by atoms with Crippen LogP contribution in [0.2, 0.25) is 0 Å². The number of hydrogen-bond acceptors (Lipinski definition) is 5. The molecule has 1 aliphatic heterocycles. The number of aromatic nitrogens is 3. The Labute approximate surface area is 143 Å². The molecule has 1 atom stereocenters. The molecule has 1 fully saturated rings. The average Bonchev–Trinajstić information content (AvgIpc) is 3.04. The van der Waals surface area contributed by atoms with Gasteiger partial charge in [-0.05, 0) is 18.9 Å². The van der Waals surface area contributed by atoms with Crippen LogP contribution in [-0.2, 0) is 29.0 Å². The summed E-state index contributed by atoms with van der Waals surface area (Å²) < 4.78 is 12.7. The van der Waals surface area contributed by atoms with Crippen molar-refractivity contribution in [2.75, 3.05) is 33.4 Å². The normalized spacial score (nSPS) is 17.1. The van der Waals surface area contributed by atoms with Gasteiger partial charge in [-0.1, -0.05) is 30.3 Å². The molecule has 0 amide bonds. The maximum absolute atomic E-state index is 5.46. The van der Waals surface area contributed by atoms with E-state index in [0.717, 1.165) is 50.9 Å². The number of methoxy groups -OCH3 is 1. The number of aryl methyl sites for hydroxylation is 2. The Hall–Kier alpha value is -1.76. The standard InChI is InChI=1S/C18H26N4O2/c1-15(21-10-12-24-13-11-21)18-19-17(14-23-2)20-22(18)9-8-16-6-4-3-5-7-16/h3-7,15H,8-14H2,1-2H3. The highest BCUT2D eigenvalue weighted by Gasteiger charge is 2.24. The van der Waals surface area contributed by atoms with E-state index in [1.54, 1.807) is 7.11 Å². The van der Waals surface area contributed by atoms with Gasteiger partial charge in [0.25, 0.3) is 0 Å². The lowest BCUT2D eigenvalue weighted by atomic mass is 10.1. The highest BCUT2D eigenvalue weighted by atomic mass is 16.5. The first kappa shape index (κ1) is 17.1. The number of morpholine rings is 1. The number of ether oxygens (including phenoxy) is 2. The molecule has 130 valence electrons. The minimum atomic E-state index is 0.225. The lowest BCUT2D eigenvalue weighted by Crippen LogP contribution is -2.39. The van der Waals surface area contributed by atoms with Gasteiger partial charge in [-0.2, -0.15) is 5.10 Å². The van der Waals surface area contributed by atoms with E-state index in [4.69, 9.17) is 14.5 Å². The molecule has 0 saturated carbocycles. The highest BCUT2D eigenvalue weighted by molar-refractivity contribution is 5.14. The van der Waals surface area contributed by atoms with Crippen molar-refractivity contribution >= 4 is 0 Å². The molecule has 1 unspecified atom stereocenters. The van der Waals surface area contributed by atoms with Crippen LogP contribution in [0.5, 0.6) is 0 Å². The molecule has 24 heavy (non-hydrogen) atoms. The van der Waals surface area contributed by atoms with E-state index >= 15 is 0 Å². The van der Waals surface area contributed by atoms with E-state index in [2.05, 4.69) is 41.2 Å². The molecular formula is C18H26N4O2. The summed E-state index contributed by atoms with van der Waals surface area (Å²) in [6, 6.07) is 10.7. The van der Waals surface area contributed by atoms with Crippen molar-refractivity contribution in [1.29, 1.82) is 0 Å². The van der Waals surface area contributed by atoms with Gasteiger partial charge < -0.3 is 9.47 Å². The Bertz CT molecular complexity index is 623. The van der Waals surface area contributed by atoms with Crippen molar-refractivity contribution in [1.82, 2.24) is 19.7 Å². The largest absolute Gasteiger partial charge is 0.379 e. The van der Waals surface area contributed by atoms with Crippen molar-refractivity contribution in [2.45, 2.75) is 32.5 Å². The van der Waals surface area contributed by atoms with Crippen molar-refractivity contribution in [3.05, 3.63) is 47.5 Å². The van der Waals surface area contributed by atoms with Crippen LogP contribution in [0, 0.1) is 0 Å². The van der Waals surface area contributed by atoms with E-state index in [1.807, 2.05) is 10.7 Å². The fraction of sp³-hybridized carbons (Fsp3) is 0.556. The van der Waals surface area contributed by atoms with Crippen molar-refractivity contribution in [3.8, 4) is 0 Å². The summed E-state index contributed by atoms with van der Waals surface area (Å²) in [4.78, 5) is 7.14. The van der Waals surface area contributed by atoms with Crippen molar-refractivity contribution < 1.29 is 9.47 Å². The van der Waals surface area contributed by atoms with E-state index < -0.39 is 0 Å². The third kappa shape index (κ3) is 4.20. The van der Waals surface area contributed by atoms with Gasteiger partial charge in [0, 0.05) is 26.7 Å².